The van der Waals surface area contributed by atoms with E-state index in [-0.39, 0.29) is 5.91 Å². The van der Waals surface area contributed by atoms with Gasteiger partial charge in [-0.25, -0.2) is 0 Å². The molecule has 0 bridgehead atoms. The molecule has 1 amide bonds. The second-order valence-electron chi connectivity index (χ2n) is 7.18. The zero-order valence-electron chi connectivity index (χ0n) is 15.5. The highest BCUT2D eigenvalue weighted by Crippen LogP contribution is 2.13. The molecule has 3 nitrogen and oxygen atoms in total. The zero-order chi connectivity index (χ0) is 17.5. The fourth-order valence-electron chi connectivity index (χ4n) is 2.60. The van der Waals surface area contributed by atoms with E-state index in [1.54, 1.807) is 6.92 Å². The van der Waals surface area contributed by atoms with Crippen molar-refractivity contribution in [3.63, 3.8) is 0 Å². The number of nitrogens with one attached hydrogen (secondary N) is 1. The lowest BCUT2D eigenvalue weighted by Crippen LogP contribution is -2.37. The Morgan fingerprint density at radius 2 is 1.30 bits per heavy atom. The average Bonchev–Trinajstić information content (AvgIpc) is 2.47. The quantitative estimate of drug-likeness (QED) is 0.237. The van der Waals surface area contributed by atoms with Crippen molar-refractivity contribution in [2.24, 2.45) is 5.92 Å². The van der Waals surface area contributed by atoms with Crippen LogP contribution in [-0.2, 0) is 4.79 Å². The highest BCUT2D eigenvalue weighted by molar-refractivity contribution is 6.21. The summed E-state index contributed by atoms with van der Waals surface area (Å²) in [6.07, 6.45) is 13.9. The number of unbranched alkanes of at least 4 members (excludes halogenated alkanes) is 9. The number of alkyl halides is 1. The highest BCUT2D eigenvalue weighted by Gasteiger charge is 2.13. The van der Waals surface area contributed by atoms with Gasteiger partial charge in [0.25, 0.3) is 0 Å². The van der Waals surface area contributed by atoms with Gasteiger partial charge in [0.1, 0.15) is 5.50 Å². The topological polar surface area (TPSA) is 49.3 Å². The van der Waals surface area contributed by atoms with E-state index in [0.29, 0.717) is 6.42 Å². The molecule has 138 valence electrons. The van der Waals surface area contributed by atoms with Gasteiger partial charge in [-0.15, -0.1) is 0 Å². The Hall–Kier alpha value is -0.280. The van der Waals surface area contributed by atoms with Gasteiger partial charge in [0.05, 0.1) is 6.10 Å². The van der Waals surface area contributed by atoms with Crippen LogP contribution in [0, 0.1) is 5.92 Å². The molecule has 0 fully saturated rings. The number of aliphatic hydroxyl groups is 1. The molecule has 0 spiro atoms. The molecule has 2 N–H and O–H groups in total. The lowest BCUT2D eigenvalue weighted by Gasteiger charge is -2.14. The van der Waals surface area contributed by atoms with Crippen LogP contribution in [0.4, 0.5) is 0 Å². The minimum absolute atomic E-state index is 0.0627. The summed E-state index contributed by atoms with van der Waals surface area (Å²) in [4.78, 5) is 11.6. The predicted octanol–water partition coefficient (Wildman–Crippen LogP) is 5.39. The van der Waals surface area contributed by atoms with Gasteiger partial charge in [-0.2, -0.15) is 0 Å². The second kappa shape index (κ2) is 15.3. The second-order valence-corrected chi connectivity index (χ2v) is 7.65. The molecule has 0 aromatic heterocycles. The Labute approximate surface area is 148 Å². The van der Waals surface area contributed by atoms with E-state index in [2.05, 4.69) is 19.2 Å². The summed E-state index contributed by atoms with van der Waals surface area (Å²) in [7, 11) is 0. The van der Waals surface area contributed by atoms with Crippen molar-refractivity contribution in [1.29, 1.82) is 0 Å². The van der Waals surface area contributed by atoms with Gasteiger partial charge in [0.15, 0.2) is 0 Å². The number of amides is 1. The third kappa shape index (κ3) is 16.4. The molecule has 2 atom stereocenters. The number of hydrogen-bond donors (Lipinski definition) is 2. The molecule has 0 aromatic rings. The van der Waals surface area contributed by atoms with Crippen LogP contribution < -0.4 is 5.32 Å². The molecule has 0 heterocycles. The van der Waals surface area contributed by atoms with Gasteiger partial charge < -0.3 is 10.4 Å². The third-order valence-electron chi connectivity index (χ3n) is 4.16. The summed E-state index contributed by atoms with van der Waals surface area (Å²) in [6.45, 7) is 6.16. The molecule has 0 rings (SSSR count). The SMILES string of the molecule is CC(C)CCCCCCCCCCCCC(=O)NC(Cl)C(C)O. The number of rotatable bonds is 15. The van der Waals surface area contributed by atoms with Crippen LogP contribution in [-0.4, -0.2) is 22.6 Å². The minimum atomic E-state index is -0.717. The molecular formula is C19H38ClNO2. The number of carbonyl (C=O) groups excluding carboxylic acids is 1. The fraction of sp³-hybridized carbons (Fsp3) is 0.947. The molecule has 4 heteroatoms. The molecule has 0 aliphatic rings. The lowest BCUT2D eigenvalue weighted by molar-refractivity contribution is -0.122. The van der Waals surface area contributed by atoms with Crippen LogP contribution in [0.1, 0.15) is 97.8 Å². The van der Waals surface area contributed by atoms with Crippen LogP contribution in [0.15, 0.2) is 0 Å². The van der Waals surface area contributed by atoms with Crippen molar-refractivity contribution in [3.8, 4) is 0 Å². The molecule has 0 saturated carbocycles. The molecule has 0 aromatic carbocycles. The molecular weight excluding hydrogens is 310 g/mol. The normalized spacial score (nSPS) is 14.0. The van der Waals surface area contributed by atoms with Gasteiger partial charge in [0, 0.05) is 6.42 Å². The Morgan fingerprint density at radius 3 is 1.74 bits per heavy atom. The predicted molar refractivity (Wildman–Crippen MR) is 99.7 cm³/mol. The van der Waals surface area contributed by atoms with E-state index in [1.807, 2.05) is 0 Å². The number of carbonyl (C=O) groups is 1. The van der Waals surface area contributed by atoms with Crippen LogP contribution in [0.25, 0.3) is 0 Å². The molecule has 0 aliphatic heterocycles. The van der Waals surface area contributed by atoms with E-state index in [1.165, 1.54) is 57.8 Å². The lowest BCUT2D eigenvalue weighted by atomic mass is 10.0. The van der Waals surface area contributed by atoms with E-state index in [9.17, 15) is 9.90 Å². The van der Waals surface area contributed by atoms with Crippen LogP contribution in [0.3, 0.4) is 0 Å². The van der Waals surface area contributed by atoms with Crippen LogP contribution in [0.2, 0.25) is 0 Å². The Kier molecular flexibility index (Phi) is 15.1. The van der Waals surface area contributed by atoms with Crippen molar-refractivity contribution in [2.45, 2.75) is 109 Å². The van der Waals surface area contributed by atoms with Gasteiger partial charge in [-0.3, -0.25) is 4.79 Å². The third-order valence-corrected chi connectivity index (χ3v) is 4.63. The zero-order valence-corrected chi connectivity index (χ0v) is 16.2. The Morgan fingerprint density at radius 1 is 0.870 bits per heavy atom. The van der Waals surface area contributed by atoms with Crippen molar-refractivity contribution >= 4 is 17.5 Å². The summed E-state index contributed by atoms with van der Waals surface area (Å²) < 4.78 is 0. The van der Waals surface area contributed by atoms with E-state index in [0.717, 1.165) is 18.8 Å². The Bertz CT molecular complexity index is 283. The first-order chi connectivity index (χ1) is 10.9. The first kappa shape index (κ1) is 22.7. The van der Waals surface area contributed by atoms with Crippen LogP contribution in [0.5, 0.6) is 0 Å². The number of aliphatic hydroxyl groups excluding tert-OH is 1. The van der Waals surface area contributed by atoms with Crippen molar-refractivity contribution in [2.75, 3.05) is 0 Å². The molecule has 0 aliphatic carbocycles. The standard InChI is InChI=1S/C19H38ClNO2/c1-16(2)14-12-10-8-6-4-5-7-9-11-13-15-18(23)21-19(20)17(3)22/h16-17,19,22H,4-15H2,1-3H3,(H,21,23). The summed E-state index contributed by atoms with van der Waals surface area (Å²) in [5, 5.41) is 11.8. The maximum Gasteiger partial charge on any atom is 0.221 e. The molecule has 0 saturated heterocycles. The van der Waals surface area contributed by atoms with E-state index in [4.69, 9.17) is 11.6 Å². The summed E-state index contributed by atoms with van der Waals surface area (Å²) >= 11 is 5.79. The van der Waals surface area contributed by atoms with E-state index < -0.39 is 11.6 Å². The average molecular weight is 348 g/mol. The monoisotopic (exact) mass is 347 g/mol. The Balaban J connectivity index is 3.23. The first-order valence-electron chi connectivity index (χ1n) is 9.55. The first-order valence-corrected chi connectivity index (χ1v) is 9.98. The summed E-state index contributed by atoms with van der Waals surface area (Å²) in [6, 6.07) is 0. The fourth-order valence-corrected chi connectivity index (χ4v) is 2.72. The van der Waals surface area contributed by atoms with Gasteiger partial charge in [-0.1, -0.05) is 89.7 Å². The smallest absolute Gasteiger partial charge is 0.221 e. The maximum atomic E-state index is 11.6. The van der Waals surface area contributed by atoms with Gasteiger partial charge >= 0.3 is 0 Å². The molecule has 23 heavy (non-hydrogen) atoms. The molecule has 0 radical (unpaired) electrons. The van der Waals surface area contributed by atoms with Crippen molar-refractivity contribution in [1.82, 2.24) is 5.32 Å². The summed E-state index contributed by atoms with van der Waals surface area (Å²) in [5.41, 5.74) is -0.678. The van der Waals surface area contributed by atoms with Crippen molar-refractivity contribution in [3.05, 3.63) is 0 Å². The molecule has 2 unspecified atom stereocenters. The van der Waals surface area contributed by atoms with Crippen molar-refractivity contribution < 1.29 is 9.90 Å². The van der Waals surface area contributed by atoms with Gasteiger partial charge in [0.2, 0.25) is 5.91 Å². The number of halogens is 1. The summed E-state index contributed by atoms with van der Waals surface area (Å²) in [5.74, 6) is 0.784. The largest absolute Gasteiger partial charge is 0.390 e. The minimum Gasteiger partial charge on any atom is -0.390 e. The highest BCUT2D eigenvalue weighted by atomic mass is 35.5. The van der Waals surface area contributed by atoms with Crippen LogP contribution >= 0.6 is 11.6 Å². The van der Waals surface area contributed by atoms with Gasteiger partial charge in [-0.05, 0) is 19.3 Å². The maximum absolute atomic E-state index is 11.6. The number of hydrogen-bond acceptors (Lipinski definition) is 2. The van der Waals surface area contributed by atoms with E-state index >= 15 is 0 Å².